The Hall–Kier alpha value is -4.09. The second kappa shape index (κ2) is 10.7. The maximum Gasteiger partial charge on any atom is 0.339 e. The van der Waals surface area contributed by atoms with Gasteiger partial charge in [-0.2, -0.15) is 8.42 Å². The highest BCUT2D eigenvalue weighted by Gasteiger charge is 2.28. The number of ether oxygens (including phenoxy) is 5. The van der Waals surface area contributed by atoms with Crippen LogP contribution in [-0.2, 0) is 10.1 Å². The second-order valence-corrected chi connectivity index (χ2v) is 9.68. The predicted molar refractivity (Wildman–Crippen MR) is 140 cm³/mol. The lowest BCUT2D eigenvalue weighted by Crippen LogP contribution is -2.17. The molecule has 0 radical (unpaired) electrons. The van der Waals surface area contributed by atoms with E-state index in [1.165, 1.54) is 84.1 Å². The first-order valence-corrected chi connectivity index (χ1v) is 12.7. The van der Waals surface area contributed by atoms with E-state index in [2.05, 4.69) is 0 Å². The lowest BCUT2D eigenvalue weighted by atomic mass is 10.1. The van der Waals surface area contributed by atoms with E-state index < -0.39 is 21.3 Å². The van der Waals surface area contributed by atoms with E-state index in [1.807, 2.05) is 0 Å². The Labute approximate surface area is 223 Å². The van der Waals surface area contributed by atoms with Crippen LogP contribution in [0.2, 0.25) is 5.02 Å². The van der Waals surface area contributed by atoms with Gasteiger partial charge in [-0.25, -0.2) is 0 Å². The summed E-state index contributed by atoms with van der Waals surface area (Å²) in [6, 6.07) is 11.2. The molecule has 1 heterocycles. The molecule has 200 valence electrons. The maximum absolute atomic E-state index is 13.8. The number of halogens is 1. The first-order valence-electron chi connectivity index (χ1n) is 10.9. The van der Waals surface area contributed by atoms with Gasteiger partial charge in [0.25, 0.3) is 0 Å². The Balaban J connectivity index is 2.07. The Morgan fingerprint density at radius 3 is 1.87 bits per heavy atom. The third-order valence-corrected chi connectivity index (χ3v) is 7.06. The van der Waals surface area contributed by atoms with Gasteiger partial charge in [-0.3, -0.25) is 4.79 Å². The van der Waals surface area contributed by atoms with E-state index in [0.717, 1.165) is 0 Å². The van der Waals surface area contributed by atoms with E-state index in [9.17, 15) is 13.2 Å². The number of benzene rings is 3. The molecule has 0 saturated carbocycles. The number of fused-ring (bicyclic) bond motifs is 1. The van der Waals surface area contributed by atoms with Crippen molar-refractivity contribution in [3.05, 3.63) is 63.8 Å². The summed E-state index contributed by atoms with van der Waals surface area (Å²) in [5.41, 5.74) is -0.528. The number of hydrogen-bond donors (Lipinski definition) is 0. The van der Waals surface area contributed by atoms with Crippen molar-refractivity contribution < 1.29 is 40.7 Å². The van der Waals surface area contributed by atoms with Gasteiger partial charge in [0, 0.05) is 22.7 Å². The molecule has 0 aliphatic rings. The fourth-order valence-corrected chi connectivity index (χ4v) is 4.82. The molecular weight excluding hydrogens is 540 g/mol. The van der Waals surface area contributed by atoms with Gasteiger partial charge < -0.3 is 32.3 Å². The number of hydrogen-bond acceptors (Lipinski definition) is 10. The van der Waals surface area contributed by atoms with Crippen LogP contribution < -0.4 is 33.3 Å². The van der Waals surface area contributed by atoms with Crippen molar-refractivity contribution in [3.63, 3.8) is 0 Å². The molecule has 0 bridgehead atoms. The lowest BCUT2D eigenvalue weighted by molar-refractivity contribution is 0.324. The van der Waals surface area contributed by atoms with Crippen LogP contribution in [-0.4, -0.2) is 44.0 Å². The summed E-state index contributed by atoms with van der Waals surface area (Å²) in [7, 11) is 2.55. The summed E-state index contributed by atoms with van der Waals surface area (Å²) >= 11 is 5.90. The van der Waals surface area contributed by atoms with Crippen molar-refractivity contribution in [2.45, 2.75) is 4.90 Å². The predicted octanol–water partition coefficient (Wildman–Crippen LogP) is 4.92. The summed E-state index contributed by atoms with van der Waals surface area (Å²) in [4.78, 5) is 13.6. The number of methoxy groups -OCH3 is 5. The molecule has 0 saturated heterocycles. The summed E-state index contributed by atoms with van der Waals surface area (Å²) in [6.45, 7) is 0. The van der Waals surface area contributed by atoms with E-state index in [1.54, 1.807) is 0 Å². The highest BCUT2D eigenvalue weighted by atomic mass is 35.5. The fourth-order valence-electron chi connectivity index (χ4n) is 3.76. The van der Waals surface area contributed by atoms with Crippen LogP contribution in [0.25, 0.3) is 22.3 Å². The first kappa shape index (κ1) is 27.0. The van der Waals surface area contributed by atoms with Gasteiger partial charge in [0.15, 0.2) is 17.3 Å². The third kappa shape index (κ3) is 4.90. The van der Waals surface area contributed by atoms with Crippen molar-refractivity contribution >= 4 is 32.7 Å². The average molecular weight is 563 g/mol. The Morgan fingerprint density at radius 2 is 1.34 bits per heavy atom. The zero-order valence-corrected chi connectivity index (χ0v) is 22.6. The molecule has 12 heteroatoms. The van der Waals surface area contributed by atoms with Gasteiger partial charge in [0.2, 0.25) is 16.9 Å². The summed E-state index contributed by atoms with van der Waals surface area (Å²) in [5, 5.41) is 0.275. The normalized spacial score (nSPS) is 11.2. The third-order valence-electron chi connectivity index (χ3n) is 5.57. The summed E-state index contributed by atoms with van der Waals surface area (Å²) in [5.74, 6) is 0.369. The van der Waals surface area contributed by atoms with Gasteiger partial charge in [0.1, 0.15) is 27.4 Å². The van der Waals surface area contributed by atoms with E-state index in [4.69, 9.17) is 43.9 Å². The molecule has 0 fully saturated rings. The van der Waals surface area contributed by atoms with Gasteiger partial charge in [-0.05, 0) is 36.4 Å². The van der Waals surface area contributed by atoms with Crippen molar-refractivity contribution in [1.82, 2.24) is 0 Å². The van der Waals surface area contributed by atoms with Crippen molar-refractivity contribution in [2.75, 3.05) is 35.5 Å². The van der Waals surface area contributed by atoms with Crippen LogP contribution in [0.4, 0.5) is 0 Å². The van der Waals surface area contributed by atoms with Crippen LogP contribution in [0.5, 0.6) is 34.5 Å². The smallest absolute Gasteiger partial charge is 0.339 e. The van der Waals surface area contributed by atoms with E-state index >= 15 is 0 Å². The molecule has 0 aliphatic carbocycles. The van der Waals surface area contributed by atoms with Crippen LogP contribution >= 0.6 is 11.6 Å². The topological polar surface area (TPSA) is 120 Å². The molecular formula is C26H23ClO10S. The molecule has 0 N–H and O–H groups in total. The van der Waals surface area contributed by atoms with Crippen molar-refractivity contribution in [3.8, 4) is 45.8 Å². The maximum atomic E-state index is 13.8. The SMILES string of the molecule is COc1cc(OC)c2c(=O)c(OS(=O)(=O)c3ccc(Cl)cc3)c(-c3cc(OC)c(OC)c(OC)c3)oc2c1. The lowest BCUT2D eigenvalue weighted by Gasteiger charge is -2.16. The summed E-state index contributed by atoms with van der Waals surface area (Å²) < 4.78 is 64.8. The molecule has 4 rings (SSSR count). The standard InChI is InChI=1S/C26H23ClO10S/c1-31-16-12-18(32-2)22-19(13-16)36-24(14-10-20(33-3)25(35-5)21(11-14)34-4)26(23(22)28)37-38(29,30)17-8-6-15(27)7-9-17/h6-13H,1-5H3. The zero-order valence-electron chi connectivity index (χ0n) is 21.0. The van der Waals surface area contributed by atoms with Crippen molar-refractivity contribution in [2.24, 2.45) is 0 Å². The van der Waals surface area contributed by atoms with Gasteiger partial charge in [0.05, 0.1) is 35.5 Å². The minimum atomic E-state index is -4.50. The summed E-state index contributed by atoms with van der Waals surface area (Å²) in [6.07, 6.45) is 0. The van der Waals surface area contributed by atoms with Crippen LogP contribution in [0, 0.1) is 0 Å². The highest BCUT2D eigenvalue weighted by molar-refractivity contribution is 7.87. The van der Waals surface area contributed by atoms with Gasteiger partial charge in [-0.15, -0.1) is 0 Å². The zero-order chi connectivity index (χ0) is 27.6. The second-order valence-electron chi connectivity index (χ2n) is 7.70. The molecule has 0 atom stereocenters. The Bertz CT molecular complexity index is 1640. The fraction of sp³-hybridized carbons (Fsp3) is 0.192. The molecule has 10 nitrogen and oxygen atoms in total. The quantitative estimate of drug-likeness (QED) is 0.260. The average Bonchev–Trinajstić information content (AvgIpc) is 2.92. The highest BCUT2D eigenvalue weighted by Crippen LogP contribution is 2.44. The monoisotopic (exact) mass is 562 g/mol. The first-order chi connectivity index (χ1) is 18.2. The van der Waals surface area contributed by atoms with Crippen LogP contribution in [0.15, 0.2) is 62.6 Å². The number of rotatable bonds is 9. The molecule has 0 unspecified atom stereocenters. The van der Waals surface area contributed by atoms with Gasteiger partial charge >= 0.3 is 10.1 Å². The minimum Gasteiger partial charge on any atom is -0.496 e. The van der Waals surface area contributed by atoms with Crippen LogP contribution in [0.3, 0.4) is 0 Å². The molecule has 38 heavy (non-hydrogen) atoms. The van der Waals surface area contributed by atoms with E-state index in [0.29, 0.717) is 10.8 Å². The van der Waals surface area contributed by atoms with Crippen molar-refractivity contribution in [1.29, 1.82) is 0 Å². The van der Waals surface area contributed by atoms with Crippen LogP contribution in [0.1, 0.15) is 0 Å². The molecule has 4 aromatic rings. The molecule has 3 aromatic carbocycles. The largest absolute Gasteiger partial charge is 0.496 e. The molecule has 1 aromatic heterocycles. The molecule has 0 amide bonds. The molecule has 0 aliphatic heterocycles. The minimum absolute atomic E-state index is 0.0502. The Kier molecular flexibility index (Phi) is 7.61. The van der Waals surface area contributed by atoms with E-state index in [-0.39, 0.29) is 50.2 Å². The Morgan fingerprint density at radius 1 is 0.737 bits per heavy atom. The molecule has 0 spiro atoms. The van der Waals surface area contributed by atoms with Gasteiger partial charge in [-0.1, -0.05) is 11.6 Å².